The Labute approximate surface area is 125 Å². The van der Waals surface area contributed by atoms with Crippen LogP contribution in [-0.2, 0) is 5.88 Å². The number of nitrogens with zero attached hydrogens (tertiary/aromatic N) is 1. The van der Waals surface area contributed by atoms with Gasteiger partial charge in [0.05, 0.1) is 0 Å². The quantitative estimate of drug-likeness (QED) is 0.613. The van der Waals surface area contributed by atoms with Gasteiger partial charge >= 0.3 is 0 Å². The Bertz CT molecular complexity index is 407. The number of halogens is 3. The van der Waals surface area contributed by atoms with Crippen LogP contribution in [0.5, 0.6) is 0 Å². The molecule has 0 bridgehead atoms. The van der Waals surface area contributed by atoms with E-state index in [1.807, 2.05) is 18.7 Å². The van der Waals surface area contributed by atoms with E-state index in [2.05, 4.69) is 13.8 Å². The molecule has 0 aliphatic rings. The maximum atomic E-state index is 14.3. The molecule has 0 radical (unpaired) electrons. The molecule has 0 aliphatic heterocycles. The summed E-state index contributed by atoms with van der Waals surface area (Å²) in [5.41, 5.74) is 0.556. The van der Waals surface area contributed by atoms with Crippen molar-refractivity contribution >= 4 is 17.3 Å². The molecular weight excluding hydrogens is 280 g/mol. The Hall–Kier alpha value is -0.830. The first-order chi connectivity index (χ1) is 9.44. The van der Waals surface area contributed by atoms with Gasteiger partial charge in [-0.3, -0.25) is 0 Å². The van der Waals surface area contributed by atoms with Gasteiger partial charge in [-0.2, -0.15) is 0 Å². The summed E-state index contributed by atoms with van der Waals surface area (Å²) < 4.78 is 28.6. The predicted molar refractivity (Wildman–Crippen MR) is 82.5 cm³/mol. The zero-order valence-corrected chi connectivity index (χ0v) is 13.5. The van der Waals surface area contributed by atoms with Crippen LogP contribution in [0.1, 0.15) is 46.1 Å². The van der Waals surface area contributed by atoms with Gasteiger partial charge in [-0.25, -0.2) is 8.78 Å². The maximum Gasteiger partial charge on any atom is 0.149 e. The molecular formula is C16H24ClF2N. The van der Waals surface area contributed by atoms with Crippen LogP contribution in [0.4, 0.5) is 14.5 Å². The number of anilines is 1. The average Bonchev–Trinajstić information content (AvgIpc) is 2.38. The smallest absolute Gasteiger partial charge is 0.149 e. The second kappa shape index (κ2) is 7.82. The highest BCUT2D eigenvalue weighted by molar-refractivity contribution is 6.17. The van der Waals surface area contributed by atoms with E-state index < -0.39 is 11.6 Å². The molecule has 0 saturated carbocycles. The van der Waals surface area contributed by atoms with Crippen LogP contribution in [0.25, 0.3) is 0 Å². The molecule has 1 rings (SSSR count). The van der Waals surface area contributed by atoms with Crippen molar-refractivity contribution in [2.24, 2.45) is 5.92 Å². The molecule has 0 heterocycles. The summed E-state index contributed by atoms with van der Waals surface area (Å²) in [4.78, 5) is 1.87. The predicted octanol–water partition coefficient (Wildman–Crippen LogP) is 5.35. The average molecular weight is 304 g/mol. The minimum absolute atomic E-state index is 0.0845. The van der Waals surface area contributed by atoms with E-state index in [1.165, 1.54) is 12.1 Å². The van der Waals surface area contributed by atoms with Gasteiger partial charge in [0.2, 0.25) is 0 Å². The Morgan fingerprint density at radius 2 is 1.60 bits per heavy atom. The Kier molecular flexibility index (Phi) is 6.74. The molecule has 4 heteroatoms. The first kappa shape index (κ1) is 17.2. The summed E-state index contributed by atoms with van der Waals surface area (Å²) in [6, 6.07) is 2.81. The minimum Gasteiger partial charge on any atom is -0.364 e. The fourth-order valence-corrected chi connectivity index (χ4v) is 2.67. The molecule has 0 spiro atoms. The van der Waals surface area contributed by atoms with Crippen molar-refractivity contribution in [1.82, 2.24) is 0 Å². The van der Waals surface area contributed by atoms with Crippen LogP contribution < -0.4 is 4.90 Å². The minimum atomic E-state index is -0.520. The van der Waals surface area contributed by atoms with E-state index in [0.29, 0.717) is 18.0 Å². The van der Waals surface area contributed by atoms with Gasteiger partial charge in [0.15, 0.2) is 0 Å². The number of alkyl halides is 1. The normalized spacial score (nSPS) is 11.4. The van der Waals surface area contributed by atoms with E-state index in [1.54, 1.807) is 0 Å². The highest BCUT2D eigenvalue weighted by Gasteiger charge is 2.23. The lowest BCUT2D eigenvalue weighted by Crippen LogP contribution is -2.38. The van der Waals surface area contributed by atoms with Crippen molar-refractivity contribution in [1.29, 1.82) is 0 Å². The summed E-state index contributed by atoms with van der Waals surface area (Å²) in [5, 5.41) is 0. The molecule has 1 aromatic carbocycles. The van der Waals surface area contributed by atoms with Crippen LogP contribution in [0.2, 0.25) is 0 Å². The lowest BCUT2D eigenvalue weighted by molar-refractivity contribution is 0.480. The van der Waals surface area contributed by atoms with Gasteiger partial charge in [0, 0.05) is 18.5 Å². The monoisotopic (exact) mass is 303 g/mol. The van der Waals surface area contributed by atoms with Crippen molar-refractivity contribution in [3.8, 4) is 0 Å². The van der Waals surface area contributed by atoms with Gasteiger partial charge in [-0.05, 0) is 36.5 Å². The molecule has 0 N–H and O–H groups in total. The number of hydrogen-bond donors (Lipinski definition) is 0. The van der Waals surface area contributed by atoms with Crippen LogP contribution in [0.15, 0.2) is 12.1 Å². The molecule has 0 aromatic heterocycles. The summed E-state index contributed by atoms with van der Waals surface area (Å²) >= 11 is 5.66. The molecule has 114 valence electrons. The summed E-state index contributed by atoms with van der Waals surface area (Å²) in [6.07, 6.45) is 1.72. The van der Waals surface area contributed by atoms with E-state index in [9.17, 15) is 8.78 Å². The Balaban J connectivity index is 3.25. The van der Waals surface area contributed by atoms with Gasteiger partial charge in [0.1, 0.15) is 17.3 Å². The second-order valence-corrected chi connectivity index (χ2v) is 5.83. The standard InChI is InChI=1S/C16H24ClF2N/c1-5-13(6-2)20(10-11(3)4)16-14(18)7-12(9-17)8-15(16)19/h7-8,11,13H,5-6,9-10H2,1-4H3. The molecule has 0 fully saturated rings. The molecule has 20 heavy (non-hydrogen) atoms. The van der Waals surface area contributed by atoms with E-state index in [-0.39, 0.29) is 17.6 Å². The first-order valence-electron chi connectivity index (χ1n) is 7.25. The summed E-state index contributed by atoms with van der Waals surface area (Å²) in [6.45, 7) is 8.84. The molecule has 0 atom stereocenters. The highest BCUT2D eigenvalue weighted by Crippen LogP contribution is 2.29. The topological polar surface area (TPSA) is 3.24 Å². The number of benzene rings is 1. The van der Waals surface area contributed by atoms with Gasteiger partial charge in [-0.15, -0.1) is 11.6 Å². The highest BCUT2D eigenvalue weighted by atomic mass is 35.5. The van der Waals surface area contributed by atoms with Crippen LogP contribution >= 0.6 is 11.6 Å². The Morgan fingerprint density at radius 3 is 1.95 bits per heavy atom. The van der Waals surface area contributed by atoms with Gasteiger partial charge < -0.3 is 4.90 Å². The second-order valence-electron chi connectivity index (χ2n) is 5.56. The van der Waals surface area contributed by atoms with E-state index >= 15 is 0 Å². The maximum absolute atomic E-state index is 14.3. The summed E-state index contributed by atoms with van der Waals surface area (Å²) in [7, 11) is 0. The molecule has 0 aliphatic carbocycles. The zero-order chi connectivity index (χ0) is 15.3. The molecule has 1 nitrogen and oxygen atoms in total. The van der Waals surface area contributed by atoms with Gasteiger partial charge in [-0.1, -0.05) is 27.7 Å². The summed E-state index contributed by atoms with van der Waals surface area (Å²) in [5.74, 6) is -0.591. The van der Waals surface area contributed by atoms with Crippen molar-refractivity contribution in [3.05, 3.63) is 29.3 Å². The van der Waals surface area contributed by atoms with E-state index in [0.717, 1.165) is 12.8 Å². The van der Waals surface area contributed by atoms with Crippen molar-refractivity contribution in [2.75, 3.05) is 11.4 Å². The molecule has 1 aromatic rings. The fourth-order valence-electron chi connectivity index (χ4n) is 2.52. The third kappa shape index (κ3) is 4.08. The van der Waals surface area contributed by atoms with Crippen LogP contribution in [0.3, 0.4) is 0 Å². The molecule has 0 saturated heterocycles. The third-order valence-corrected chi connectivity index (χ3v) is 3.77. The van der Waals surface area contributed by atoms with Crippen molar-refractivity contribution in [3.63, 3.8) is 0 Å². The number of rotatable bonds is 7. The largest absolute Gasteiger partial charge is 0.364 e. The van der Waals surface area contributed by atoms with Crippen LogP contribution in [0, 0.1) is 17.6 Å². The Morgan fingerprint density at radius 1 is 1.10 bits per heavy atom. The van der Waals surface area contributed by atoms with Crippen molar-refractivity contribution in [2.45, 2.75) is 52.5 Å². The lowest BCUT2D eigenvalue weighted by atomic mass is 10.0. The van der Waals surface area contributed by atoms with Gasteiger partial charge in [0.25, 0.3) is 0 Å². The lowest BCUT2D eigenvalue weighted by Gasteiger charge is -2.34. The van der Waals surface area contributed by atoms with Crippen molar-refractivity contribution < 1.29 is 8.78 Å². The number of hydrogen-bond acceptors (Lipinski definition) is 1. The molecule has 0 amide bonds. The first-order valence-corrected chi connectivity index (χ1v) is 7.78. The van der Waals surface area contributed by atoms with Crippen LogP contribution in [-0.4, -0.2) is 12.6 Å². The SMILES string of the molecule is CCC(CC)N(CC(C)C)c1c(F)cc(CCl)cc1F. The van der Waals surface area contributed by atoms with E-state index in [4.69, 9.17) is 11.6 Å². The molecule has 0 unspecified atom stereocenters. The third-order valence-electron chi connectivity index (χ3n) is 3.46. The zero-order valence-electron chi connectivity index (χ0n) is 12.7. The fraction of sp³-hybridized carbons (Fsp3) is 0.625.